The summed E-state index contributed by atoms with van der Waals surface area (Å²) in [7, 11) is 0. The first kappa shape index (κ1) is 13.6. The fourth-order valence-electron chi connectivity index (χ4n) is 2.86. The molecule has 3 atom stereocenters. The summed E-state index contributed by atoms with van der Waals surface area (Å²) in [5.74, 6) is 0.503. The summed E-state index contributed by atoms with van der Waals surface area (Å²) in [5.41, 5.74) is 6.51. The van der Waals surface area contributed by atoms with Crippen molar-refractivity contribution in [2.45, 2.75) is 25.8 Å². The van der Waals surface area contributed by atoms with Crippen LogP contribution in [-0.4, -0.2) is 29.2 Å². The molecule has 1 aliphatic heterocycles. The first-order valence-corrected chi connectivity index (χ1v) is 6.62. The fraction of sp³-hybridized carbons (Fsp3) is 0.615. The number of nitrogens with two attached hydrogens (primary N) is 1. The molecule has 100 valence electrons. The van der Waals surface area contributed by atoms with Gasteiger partial charge in [0.15, 0.2) is 5.83 Å². The van der Waals surface area contributed by atoms with Crippen LogP contribution in [0.4, 0.5) is 4.39 Å². The maximum atomic E-state index is 13.8. The molecule has 0 radical (unpaired) electrons. The van der Waals surface area contributed by atoms with E-state index in [9.17, 15) is 4.39 Å². The van der Waals surface area contributed by atoms with Crippen LogP contribution in [-0.2, 0) is 0 Å². The van der Waals surface area contributed by atoms with Crippen molar-refractivity contribution in [3.05, 3.63) is 24.3 Å². The van der Waals surface area contributed by atoms with E-state index in [4.69, 9.17) is 17.3 Å². The summed E-state index contributed by atoms with van der Waals surface area (Å²) in [6.07, 6.45) is 3.40. The van der Waals surface area contributed by atoms with E-state index in [1.165, 1.54) is 0 Å². The predicted octanol–water partition coefficient (Wildman–Crippen LogP) is 2.64. The van der Waals surface area contributed by atoms with Gasteiger partial charge in [0.1, 0.15) is 5.17 Å². The largest absolute Gasteiger partial charge is 0.369 e. The molecule has 1 heterocycles. The van der Waals surface area contributed by atoms with Gasteiger partial charge >= 0.3 is 0 Å². The van der Waals surface area contributed by atoms with Crippen molar-refractivity contribution in [3.63, 3.8) is 0 Å². The van der Waals surface area contributed by atoms with Crippen molar-refractivity contribution in [3.8, 4) is 0 Å². The van der Waals surface area contributed by atoms with Crippen LogP contribution in [0.25, 0.3) is 0 Å². The maximum Gasteiger partial charge on any atom is 0.164 e. The van der Waals surface area contributed by atoms with E-state index >= 15 is 0 Å². The standard InChI is InChI=1S/C13H19ClFN3/c1-8(12(15)5-17-9(2)14)18-6-10-3-4-11(7-18)13(10)16/h5,10-11,13H,1,3-4,6-7,16H2,2H3/b12-5+,17-9+/t10-,11+,13-. The predicted molar refractivity (Wildman–Crippen MR) is 73.1 cm³/mol. The fourth-order valence-corrected chi connectivity index (χ4v) is 2.91. The highest BCUT2D eigenvalue weighted by Gasteiger charge is 2.40. The molecule has 2 N–H and O–H groups in total. The van der Waals surface area contributed by atoms with E-state index in [2.05, 4.69) is 11.6 Å². The van der Waals surface area contributed by atoms with Gasteiger partial charge in [-0.3, -0.25) is 0 Å². The van der Waals surface area contributed by atoms with Gasteiger partial charge in [-0.1, -0.05) is 18.2 Å². The van der Waals surface area contributed by atoms with Crippen molar-refractivity contribution >= 4 is 16.8 Å². The Hall–Kier alpha value is -0.870. The van der Waals surface area contributed by atoms with Gasteiger partial charge in [0.2, 0.25) is 0 Å². The second-order valence-electron chi connectivity index (χ2n) is 5.13. The minimum Gasteiger partial charge on any atom is -0.369 e. The summed E-state index contributed by atoms with van der Waals surface area (Å²) in [6.45, 7) is 7.00. The highest BCUT2D eigenvalue weighted by Crippen LogP contribution is 2.37. The molecule has 18 heavy (non-hydrogen) atoms. The second-order valence-corrected chi connectivity index (χ2v) is 5.68. The molecular weight excluding hydrogens is 253 g/mol. The number of allylic oxidation sites excluding steroid dienone is 1. The summed E-state index contributed by atoms with van der Waals surface area (Å²) < 4.78 is 13.8. The number of halogens is 2. The van der Waals surface area contributed by atoms with Gasteiger partial charge < -0.3 is 10.6 Å². The summed E-state index contributed by atoms with van der Waals surface area (Å²) in [6, 6.07) is 0.268. The van der Waals surface area contributed by atoms with Crippen LogP contribution in [0.15, 0.2) is 29.3 Å². The van der Waals surface area contributed by atoms with Crippen molar-refractivity contribution in [2.24, 2.45) is 22.6 Å². The number of rotatable bonds is 3. The molecule has 1 saturated carbocycles. The Kier molecular flexibility index (Phi) is 4.07. The zero-order valence-corrected chi connectivity index (χ0v) is 11.3. The lowest BCUT2D eigenvalue weighted by atomic mass is 9.93. The lowest BCUT2D eigenvalue weighted by Gasteiger charge is -2.38. The number of hydrogen-bond acceptors (Lipinski definition) is 3. The summed E-state index contributed by atoms with van der Waals surface area (Å²) in [5, 5.41) is 0.304. The Labute approximate surface area is 112 Å². The van der Waals surface area contributed by atoms with Gasteiger partial charge in [-0.2, -0.15) is 0 Å². The molecule has 2 fully saturated rings. The molecule has 0 aromatic heterocycles. The topological polar surface area (TPSA) is 41.6 Å². The van der Waals surface area contributed by atoms with Gasteiger partial charge in [0.05, 0.1) is 11.9 Å². The van der Waals surface area contributed by atoms with Crippen LogP contribution >= 0.6 is 11.6 Å². The highest BCUT2D eigenvalue weighted by atomic mass is 35.5. The minimum absolute atomic E-state index is 0.268. The molecule has 0 amide bonds. The molecule has 5 heteroatoms. The molecular formula is C13H19ClFN3. The molecule has 3 nitrogen and oxygen atoms in total. The Morgan fingerprint density at radius 3 is 2.50 bits per heavy atom. The molecule has 0 aromatic carbocycles. The summed E-state index contributed by atoms with van der Waals surface area (Å²) >= 11 is 5.57. The third-order valence-electron chi connectivity index (χ3n) is 3.92. The molecule has 2 rings (SSSR count). The van der Waals surface area contributed by atoms with Gasteiger partial charge in [-0.05, 0) is 31.6 Å². The van der Waals surface area contributed by atoms with Crippen molar-refractivity contribution in [1.82, 2.24) is 4.90 Å². The Balaban J connectivity index is 2.03. The van der Waals surface area contributed by atoms with E-state index in [1.54, 1.807) is 6.92 Å². The number of piperidine rings is 1. The molecule has 0 spiro atoms. The average molecular weight is 272 g/mol. The van der Waals surface area contributed by atoms with Crippen molar-refractivity contribution in [1.29, 1.82) is 0 Å². The summed E-state index contributed by atoms with van der Waals surface area (Å²) in [4.78, 5) is 5.72. The molecule has 1 aliphatic carbocycles. The van der Waals surface area contributed by atoms with Crippen LogP contribution in [0.2, 0.25) is 0 Å². The third kappa shape index (κ3) is 2.75. The van der Waals surface area contributed by atoms with E-state index in [-0.39, 0.29) is 6.04 Å². The van der Waals surface area contributed by atoms with Gasteiger partial charge in [-0.15, -0.1) is 0 Å². The van der Waals surface area contributed by atoms with Crippen molar-refractivity contribution in [2.75, 3.05) is 13.1 Å². The van der Waals surface area contributed by atoms with E-state index in [0.717, 1.165) is 32.1 Å². The van der Waals surface area contributed by atoms with Crippen LogP contribution in [0, 0.1) is 11.8 Å². The molecule has 0 aromatic rings. The van der Waals surface area contributed by atoms with Crippen LogP contribution < -0.4 is 5.73 Å². The average Bonchev–Trinajstić information content (AvgIpc) is 2.56. The van der Waals surface area contributed by atoms with E-state index < -0.39 is 5.83 Å². The van der Waals surface area contributed by atoms with E-state index in [0.29, 0.717) is 22.7 Å². The maximum absolute atomic E-state index is 13.8. The number of hydrogen-bond donors (Lipinski definition) is 1. The molecule has 2 aliphatic rings. The molecule has 1 saturated heterocycles. The highest BCUT2D eigenvalue weighted by molar-refractivity contribution is 6.64. The normalized spacial score (nSPS) is 32.9. The van der Waals surface area contributed by atoms with Crippen LogP contribution in [0.5, 0.6) is 0 Å². The second kappa shape index (κ2) is 5.41. The van der Waals surface area contributed by atoms with Gasteiger partial charge in [0.25, 0.3) is 0 Å². The third-order valence-corrected chi connectivity index (χ3v) is 4.02. The zero-order chi connectivity index (χ0) is 13.3. The number of likely N-dealkylation sites (tertiary alicyclic amines) is 1. The monoisotopic (exact) mass is 271 g/mol. The lowest BCUT2D eigenvalue weighted by Crippen LogP contribution is -2.48. The first-order chi connectivity index (χ1) is 8.49. The number of fused-ring (bicyclic) bond motifs is 2. The van der Waals surface area contributed by atoms with Gasteiger partial charge in [0, 0.05) is 19.1 Å². The Bertz CT molecular complexity index is 387. The number of nitrogens with zero attached hydrogens (tertiary/aromatic N) is 2. The molecule has 0 unspecified atom stereocenters. The van der Waals surface area contributed by atoms with Crippen LogP contribution in [0.1, 0.15) is 19.8 Å². The van der Waals surface area contributed by atoms with Gasteiger partial charge in [-0.25, -0.2) is 9.38 Å². The van der Waals surface area contributed by atoms with Crippen LogP contribution in [0.3, 0.4) is 0 Å². The number of aliphatic imine (C=N–C) groups is 1. The first-order valence-electron chi connectivity index (χ1n) is 6.24. The van der Waals surface area contributed by atoms with Crippen molar-refractivity contribution < 1.29 is 4.39 Å². The minimum atomic E-state index is -0.426. The quantitative estimate of drug-likeness (QED) is 0.633. The zero-order valence-electron chi connectivity index (χ0n) is 10.6. The lowest BCUT2D eigenvalue weighted by molar-refractivity contribution is 0.183. The smallest absolute Gasteiger partial charge is 0.164 e. The Morgan fingerprint density at radius 2 is 2.00 bits per heavy atom. The SMILES string of the molecule is C=C(/C(F)=C\N=C(/C)Cl)N1C[C@H]2CC[C@@H](C1)[C@@H]2N. The van der Waals surface area contributed by atoms with E-state index in [1.807, 2.05) is 4.90 Å². The molecule has 2 bridgehead atoms. The Morgan fingerprint density at radius 1 is 1.44 bits per heavy atom.